The Labute approximate surface area is 139 Å². The smallest absolute Gasteiger partial charge is 0.251 e. The molecule has 3 nitrogen and oxygen atoms in total. The Morgan fingerprint density at radius 1 is 0.920 bits per heavy atom. The maximum Gasteiger partial charge on any atom is 0.251 e. The molecule has 2 bridgehead atoms. The summed E-state index contributed by atoms with van der Waals surface area (Å²) in [4.78, 5) is 12.4. The molecule has 1 aromatic heterocycles. The third-order valence-electron chi connectivity index (χ3n) is 4.96. The fourth-order valence-electron chi connectivity index (χ4n) is 3.81. The van der Waals surface area contributed by atoms with Crippen molar-refractivity contribution >= 4 is 0 Å². The van der Waals surface area contributed by atoms with Crippen molar-refractivity contribution < 1.29 is 22.0 Å². The molecular weight excluding hydrogens is 343 g/mol. The van der Waals surface area contributed by atoms with Crippen LogP contribution in [0, 0.1) is 35.0 Å². The van der Waals surface area contributed by atoms with E-state index in [-0.39, 0.29) is 17.4 Å². The molecule has 0 aliphatic carbocycles. The maximum absolute atomic E-state index is 14.1. The van der Waals surface area contributed by atoms with E-state index in [1.165, 1.54) is 10.6 Å². The van der Waals surface area contributed by atoms with E-state index in [1.807, 2.05) is 0 Å². The van der Waals surface area contributed by atoms with Crippen LogP contribution in [0.3, 0.4) is 0 Å². The fraction of sp³-hybridized carbons (Fsp3) is 0.353. The standard InChI is InChI=1S/C17H13F5N2O/c18-13-12(14(19)16(21)17(22)15(13)20)8-2-10-9-1-7(4-23-5-9)6-24(10)11(25)3-8/h2-3,7,9,23H,1,4-6H2/t7?,9-/m0/s1. The molecule has 132 valence electrons. The highest BCUT2D eigenvalue weighted by atomic mass is 19.2. The summed E-state index contributed by atoms with van der Waals surface area (Å²) < 4.78 is 69.8. The average molecular weight is 356 g/mol. The van der Waals surface area contributed by atoms with E-state index in [1.54, 1.807) is 0 Å². The molecule has 1 fully saturated rings. The number of piperidine rings is 1. The minimum Gasteiger partial charge on any atom is -0.316 e. The van der Waals surface area contributed by atoms with Crippen LogP contribution >= 0.6 is 0 Å². The van der Waals surface area contributed by atoms with Gasteiger partial charge in [-0.2, -0.15) is 0 Å². The van der Waals surface area contributed by atoms with Crippen LogP contribution in [-0.4, -0.2) is 17.7 Å². The van der Waals surface area contributed by atoms with Gasteiger partial charge >= 0.3 is 0 Å². The number of nitrogens with zero attached hydrogens (tertiary/aromatic N) is 1. The number of hydrogen-bond donors (Lipinski definition) is 1. The zero-order valence-electron chi connectivity index (χ0n) is 12.9. The van der Waals surface area contributed by atoms with Gasteiger partial charge in [0.05, 0.1) is 5.56 Å². The van der Waals surface area contributed by atoms with Gasteiger partial charge in [0.1, 0.15) is 0 Å². The van der Waals surface area contributed by atoms with Gasteiger partial charge in [-0.1, -0.05) is 0 Å². The minimum absolute atomic E-state index is 0.0404. The Hall–Kier alpha value is -2.22. The summed E-state index contributed by atoms with van der Waals surface area (Å²) in [6, 6.07) is 2.28. The van der Waals surface area contributed by atoms with E-state index in [4.69, 9.17) is 0 Å². The molecule has 4 rings (SSSR count). The van der Waals surface area contributed by atoms with E-state index in [9.17, 15) is 26.7 Å². The number of rotatable bonds is 1. The summed E-state index contributed by atoms with van der Waals surface area (Å²) >= 11 is 0. The predicted octanol–water partition coefficient (Wildman–Crippen LogP) is 2.92. The summed E-state index contributed by atoms with van der Waals surface area (Å²) in [7, 11) is 0. The van der Waals surface area contributed by atoms with Crippen molar-refractivity contribution in [3.63, 3.8) is 0 Å². The van der Waals surface area contributed by atoms with Crippen LogP contribution in [0.1, 0.15) is 18.0 Å². The molecule has 25 heavy (non-hydrogen) atoms. The van der Waals surface area contributed by atoms with Gasteiger partial charge in [0.15, 0.2) is 23.3 Å². The molecule has 3 heterocycles. The second-order valence-corrected chi connectivity index (χ2v) is 6.52. The van der Waals surface area contributed by atoms with Gasteiger partial charge < -0.3 is 9.88 Å². The van der Waals surface area contributed by atoms with E-state index in [2.05, 4.69) is 5.32 Å². The lowest BCUT2D eigenvalue weighted by Gasteiger charge is -2.37. The number of aromatic nitrogens is 1. The first kappa shape index (κ1) is 16.3. The molecule has 1 N–H and O–H groups in total. The Bertz CT molecular complexity index is 911. The summed E-state index contributed by atoms with van der Waals surface area (Å²) in [5.41, 5.74) is -1.32. The molecule has 0 spiro atoms. The van der Waals surface area contributed by atoms with Crippen LogP contribution in [0.2, 0.25) is 0 Å². The van der Waals surface area contributed by atoms with Crippen LogP contribution < -0.4 is 10.9 Å². The van der Waals surface area contributed by atoms with Crippen molar-refractivity contribution in [2.45, 2.75) is 18.9 Å². The quantitative estimate of drug-likeness (QED) is 0.484. The van der Waals surface area contributed by atoms with Crippen molar-refractivity contribution in [2.24, 2.45) is 5.92 Å². The molecule has 2 atom stereocenters. The van der Waals surface area contributed by atoms with E-state index < -0.39 is 40.2 Å². The normalized spacial score (nSPS) is 22.0. The average Bonchev–Trinajstić information content (AvgIpc) is 2.60. The Morgan fingerprint density at radius 2 is 1.56 bits per heavy atom. The molecule has 2 aliphatic rings. The van der Waals surface area contributed by atoms with Gasteiger partial charge in [-0.15, -0.1) is 0 Å². The van der Waals surface area contributed by atoms with E-state index in [0.717, 1.165) is 19.0 Å². The molecule has 2 aromatic rings. The molecule has 1 aromatic carbocycles. The van der Waals surface area contributed by atoms with Gasteiger partial charge in [-0.25, -0.2) is 22.0 Å². The zero-order valence-corrected chi connectivity index (χ0v) is 12.9. The molecule has 0 amide bonds. The van der Waals surface area contributed by atoms with Crippen molar-refractivity contribution in [3.05, 3.63) is 57.3 Å². The summed E-state index contributed by atoms with van der Waals surface area (Å²) in [6.45, 7) is 1.84. The van der Waals surface area contributed by atoms with Crippen molar-refractivity contribution in [1.29, 1.82) is 0 Å². The highest BCUT2D eigenvalue weighted by Crippen LogP contribution is 2.36. The number of fused-ring (bicyclic) bond motifs is 4. The van der Waals surface area contributed by atoms with Gasteiger partial charge in [0.2, 0.25) is 5.82 Å². The number of hydrogen-bond acceptors (Lipinski definition) is 2. The highest BCUT2D eigenvalue weighted by molar-refractivity contribution is 5.65. The molecule has 0 saturated carbocycles. The highest BCUT2D eigenvalue weighted by Gasteiger charge is 2.33. The van der Waals surface area contributed by atoms with Crippen molar-refractivity contribution in [2.75, 3.05) is 13.1 Å². The number of benzene rings is 1. The lowest BCUT2D eigenvalue weighted by Crippen LogP contribution is -2.44. The van der Waals surface area contributed by atoms with Gasteiger partial charge in [-0.05, 0) is 30.5 Å². The lowest BCUT2D eigenvalue weighted by atomic mass is 9.83. The first-order chi connectivity index (χ1) is 11.9. The van der Waals surface area contributed by atoms with Crippen LogP contribution in [0.4, 0.5) is 22.0 Å². The van der Waals surface area contributed by atoms with Gasteiger partial charge in [0, 0.05) is 30.8 Å². The minimum atomic E-state index is -2.22. The fourth-order valence-corrected chi connectivity index (χ4v) is 3.81. The van der Waals surface area contributed by atoms with Crippen molar-refractivity contribution in [3.8, 4) is 11.1 Å². The number of nitrogens with one attached hydrogen (secondary N) is 1. The third-order valence-corrected chi connectivity index (χ3v) is 4.96. The maximum atomic E-state index is 14.1. The second kappa shape index (κ2) is 5.66. The van der Waals surface area contributed by atoms with Gasteiger partial charge in [-0.3, -0.25) is 4.79 Å². The third kappa shape index (κ3) is 2.38. The second-order valence-electron chi connectivity index (χ2n) is 6.52. The van der Waals surface area contributed by atoms with Crippen LogP contribution in [0.15, 0.2) is 16.9 Å². The molecule has 1 saturated heterocycles. The molecular formula is C17H13F5N2O. The largest absolute Gasteiger partial charge is 0.316 e. The predicted molar refractivity (Wildman–Crippen MR) is 79.6 cm³/mol. The Kier molecular flexibility index (Phi) is 3.68. The first-order valence-electron chi connectivity index (χ1n) is 7.85. The SMILES string of the molecule is O=c1cc(-c2c(F)c(F)c(F)c(F)c2F)cc2n1CC1CNC[C@@H]2C1. The number of pyridine rings is 1. The molecule has 1 unspecified atom stereocenters. The zero-order chi connectivity index (χ0) is 17.9. The number of halogens is 5. The van der Waals surface area contributed by atoms with Gasteiger partial charge in [0.25, 0.3) is 5.56 Å². The van der Waals surface area contributed by atoms with Crippen LogP contribution in [0.25, 0.3) is 11.1 Å². The first-order valence-corrected chi connectivity index (χ1v) is 7.85. The summed E-state index contributed by atoms with van der Waals surface area (Å²) in [6.07, 6.45) is 0.812. The van der Waals surface area contributed by atoms with Crippen LogP contribution in [-0.2, 0) is 6.54 Å². The lowest BCUT2D eigenvalue weighted by molar-refractivity contribution is 0.257. The van der Waals surface area contributed by atoms with Crippen LogP contribution in [0.5, 0.6) is 0 Å². The summed E-state index contributed by atoms with van der Waals surface area (Å²) in [5.74, 6) is -9.89. The topological polar surface area (TPSA) is 34.0 Å². The molecule has 0 radical (unpaired) electrons. The monoisotopic (exact) mass is 356 g/mol. The summed E-state index contributed by atoms with van der Waals surface area (Å²) in [5, 5.41) is 3.22. The van der Waals surface area contributed by atoms with E-state index >= 15 is 0 Å². The molecule has 8 heteroatoms. The Balaban J connectivity index is 1.95. The van der Waals surface area contributed by atoms with Crippen molar-refractivity contribution in [1.82, 2.24) is 9.88 Å². The Morgan fingerprint density at radius 3 is 2.24 bits per heavy atom. The van der Waals surface area contributed by atoms with E-state index in [0.29, 0.717) is 18.8 Å². The molecule has 2 aliphatic heterocycles.